The van der Waals surface area contributed by atoms with E-state index in [0.29, 0.717) is 0 Å². The van der Waals surface area contributed by atoms with E-state index in [-0.39, 0.29) is 0 Å². The van der Waals surface area contributed by atoms with Gasteiger partial charge in [-0.05, 0) is 61.7 Å². The van der Waals surface area contributed by atoms with Crippen molar-refractivity contribution in [1.82, 2.24) is 4.72 Å². The summed E-state index contributed by atoms with van der Waals surface area (Å²) in [7, 11) is 1.97. The molecule has 1 aromatic rings. The number of rotatable bonds is 2. The topological polar surface area (TPSA) is 12.0 Å². The van der Waals surface area contributed by atoms with E-state index in [1.165, 1.54) is 33.9 Å². The molecule has 1 nitrogen and oxygen atoms in total. The molecule has 0 atom stereocenters. The molecule has 0 radical (unpaired) electrons. The molecule has 0 bridgehead atoms. The van der Waals surface area contributed by atoms with Crippen molar-refractivity contribution in [2.45, 2.75) is 29.6 Å². The molecule has 1 heterocycles. The van der Waals surface area contributed by atoms with Gasteiger partial charge in [0.2, 0.25) is 0 Å². The lowest BCUT2D eigenvalue weighted by Gasteiger charge is -2.17. The van der Waals surface area contributed by atoms with Crippen LogP contribution < -0.4 is 4.72 Å². The summed E-state index contributed by atoms with van der Waals surface area (Å²) in [5, 5.41) is 0. The number of aryl methyl sites for hydroxylation is 2. The quantitative estimate of drug-likeness (QED) is 0.776. The van der Waals surface area contributed by atoms with Gasteiger partial charge in [0, 0.05) is 9.79 Å². The first kappa shape index (κ1) is 10.4. The molecule has 1 aliphatic rings. The monoisotopic (exact) mass is 225 g/mol. The Morgan fingerprint density at radius 2 is 2.29 bits per heavy atom. The van der Waals surface area contributed by atoms with Crippen LogP contribution in [0.15, 0.2) is 21.9 Å². The minimum Gasteiger partial charge on any atom is -0.263 e. The molecule has 0 aromatic heterocycles. The fourth-order valence-electron chi connectivity index (χ4n) is 1.72. The van der Waals surface area contributed by atoms with Gasteiger partial charge in [0.1, 0.15) is 0 Å². The standard InChI is InChI=1S/C11H15NS2/c1-8-6-9-4-3-5-13-11(9)7-10(8)14-12-2/h6-7,12H,3-5H2,1-2H3. The molecule has 1 aliphatic heterocycles. The SMILES string of the molecule is CNSc1cc2c(cc1C)CCCS2. The van der Waals surface area contributed by atoms with Crippen molar-refractivity contribution in [3.63, 3.8) is 0 Å². The van der Waals surface area contributed by atoms with Crippen LogP contribution in [0.1, 0.15) is 17.5 Å². The molecule has 1 N–H and O–H groups in total. The molecule has 0 unspecified atom stereocenters. The number of fused-ring (bicyclic) bond motifs is 1. The van der Waals surface area contributed by atoms with Gasteiger partial charge < -0.3 is 0 Å². The van der Waals surface area contributed by atoms with E-state index in [0.717, 1.165) is 0 Å². The van der Waals surface area contributed by atoms with Crippen LogP contribution in [0.25, 0.3) is 0 Å². The van der Waals surface area contributed by atoms with Crippen LogP contribution in [0.4, 0.5) is 0 Å². The van der Waals surface area contributed by atoms with E-state index in [9.17, 15) is 0 Å². The lowest BCUT2D eigenvalue weighted by Crippen LogP contribution is -2.01. The van der Waals surface area contributed by atoms with Gasteiger partial charge in [0.15, 0.2) is 0 Å². The van der Waals surface area contributed by atoms with Crippen molar-refractivity contribution in [3.8, 4) is 0 Å². The van der Waals surface area contributed by atoms with E-state index in [4.69, 9.17) is 0 Å². The van der Waals surface area contributed by atoms with Crippen molar-refractivity contribution in [2.75, 3.05) is 12.8 Å². The van der Waals surface area contributed by atoms with Crippen LogP contribution in [0.3, 0.4) is 0 Å². The van der Waals surface area contributed by atoms with Gasteiger partial charge in [-0.25, -0.2) is 0 Å². The summed E-state index contributed by atoms with van der Waals surface area (Å²) in [5.74, 6) is 1.28. The van der Waals surface area contributed by atoms with Crippen molar-refractivity contribution < 1.29 is 0 Å². The fourth-order valence-corrected chi connectivity index (χ4v) is 3.47. The first-order chi connectivity index (χ1) is 6.81. The van der Waals surface area contributed by atoms with Crippen molar-refractivity contribution in [3.05, 3.63) is 23.3 Å². The second-order valence-electron chi connectivity index (χ2n) is 3.48. The Morgan fingerprint density at radius 1 is 1.43 bits per heavy atom. The van der Waals surface area contributed by atoms with Gasteiger partial charge >= 0.3 is 0 Å². The van der Waals surface area contributed by atoms with Crippen molar-refractivity contribution in [2.24, 2.45) is 0 Å². The summed E-state index contributed by atoms with van der Waals surface area (Å²) < 4.78 is 3.14. The summed E-state index contributed by atoms with van der Waals surface area (Å²) in [5.41, 5.74) is 2.94. The molecule has 14 heavy (non-hydrogen) atoms. The second kappa shape index (κ2) is 4.60. The Balaban J connectivity index is 2.35. The molecule has 76 valence electrons. The predicted molar refractivity (Wildman–Crippen MR) is 65.1 cm³/mol. The lowest BCUT2D eigenvalue weighted by atomic mass is 10.1. The molecule has 2 rings (SSSR count). The van der Waals surface area contributed by atoms with Crippen LogP contribution in [0, 0.1) is 6.92 Å². The highest BCUT2D eigenvalue weighted by atomic mass is 32.2. The Morgan fingerprint density at radius 3 is 3.07 bits per heavy atom. The van der Waals surface area contributed by atoms with Crippen molar-refractivity contribution >= 4 is 23.7 Å². The van der Waals surface area contributed by atoms with Gasteiger partial charge in [-0.1, -0.05) is 6.07 Å². The van der Waals surface area contributed by atoms with Gasteiger partial charge in [0.05, 0.1) is 0 Å². The van der Waals surface area contributed by atoms with Crippen LogP contribution >= 0.6 is 23.7 Å². The maximum Gasteiger partial charge on any atom is 0.0268 e. The second-order valence-corrected chi connectivity index (χ2v) is 5.67. The zero-order valence-corrected chi connectivity index (χ0v) is 10.2. The molecule has 0 spiro atoms. The minimum absolute atomic E-state index is 1.26. The third-order valence-corrected chi connectivity index (χ3v) is 4.47. The largest absolute Gasteiger partial charge is 0.263 e. The molecular formula is C11H15NS2. The Bertz CT molecular complexity index is 336. The smallest absolute Gasteiger partial charge is 0.0268 e. The van der Waals surface area contributed by atoms with Crippen LogP contribution in [0.2, 0.25) is 0 Å². The van der Waals surface area contributed by atoms with Gasteiger partial charge in [-0.3, -0.25) is 4.72 Å². The highest BCUT2D eigenvalue weighted by molar-refractivity contribution is 7.99. The van der Waals surface area contributed by atoms with E-state index in [1.54, 1.807) is 17.5 Å². The molecule has 0 saturated heterocycles. The van der Waals surface area contributed by atoms with Crippen LogP contribution in [-0.4, -0.2) is 12.8 Å². The summed E-state index contributed by atoms with van der Waals surface area (Å²) in [6, 6.07) is 4.68. The average Bonchev–Trinajstić information content (AvgIpc) is 2.19. The number of nitrogens with one attached hydrogen (secondary N) is 1. The van der Waals surface area contributed by atoms with Crippen LogP contribution in [-0.2, 0) is 6.42 Å². The molecular weight excluding hydrogens is 210 g/mol. The Kier molecular flexibility index (Phi) is 3.42. The zero-order chi connectivity index (χ0) is 9.97. The average molecular weight is 225 g/mol. The first-order valence-corrected chi connectivity index (χ1v) is 6.71. The minimum atomic E-state index is 1.26. The molecule has 0 fully saturated rings. The molecule has 1 aromatic carbocycles. The Labute approximate surface area is 94.2 Å². The maximum absolute atomic E-state index is 3.14. The molecule has 0 saturated carbocycles. The van der Waals surface area contributed by atoms with Crippen LogP contribution in [0.5, 0.6) is 0 Å². The number of benzene rings is 1. The highest BCUT2D eigenvalue weighted by Crippen LogP contribution is 2.34. The zero-order valence-electron chi connectivity index (χ0n) is 8.59. The maximum atomic E-state index is 3.14. The number of hydrogen-bond acceptors (Lipinski definition) is 3. The molecule has 3 heteroatoms. The molecule has 0 aliphatic carbocycles. The summed E-state index contributed by atoms with van der Waals surface area (Å²) >= 11 is 3.71. The fraction of sp³-hybridized carbons (Fsp3) is 0.455. The van der Waals surface area contributed by atoms with E-state index in [2.05, 4.69) is 23.8 Å². The summed E-state index contributed by atoms with van der Waals surface area (Å²) in [4.78, 5) is 2.85. The number of thioether (sulfide) groups is 1. The molecule has 0 amide bonds. The summed E-state index contributed by atoms with van der Waals surface area (Å²) in [6.45, 7) is 2.19. The summed E-state index contributed by atoms with van der Waals surface area (Å²) in [6.07, 6.45) is 2.59. The van der Waals surface area contributed by atoms with Gasteiger partial charge in [0.25, 0.3) is 0 Å². The van der Waals surface area contributed by atoms with Gasteiger partial charge in [-0.2, -0.15) is 0 Å². The van der Waals surface area contributed by atoms with E-state index >= 15 is 0 Å². The van der Waals surface area contributed by atoms with Gasteiger partial charge in [-0.15, -0.1) is 11.8 Å². The lowest BCUT2D eigenvalue weighted by molar-refractivity contribution is 0.881. The van der Waals surface area contributed by atoms with E-state index in [1.807, 2.05) is 18.8 Å². The van der Waals surface area contributed by atoms with Crippen molar-refractivity contribution in [1.29, 1.82) is 0 Å². The predicted octanol–water partition coefficient (Wildman–Crippen LogP) is 3.26. The normalized spacial score (nSPS) is 15.3. The highest BCUT2D eigenvalue weighted by Gasteiger charge is 2.12. The first-order valence-electron chi connectivity index (χ1n) is 4.91. The van der Waals surface area contributed by atoms with E-state index < -0.39 is 0 Å². The third kappa shape index (κ3) is 2.10. The third-order valence-electron chi connectivity index (χ3n) is 2.42. The Hall–Kier alpha value is -0.120. The number of hydrogen-bond donors (Lipinski definition) is 1.